The summed E-state index contributed by atoms with van der Waals surface area (Å²) in [5, 5.41) is 0. The number of halogens is 2. The Morgan fingerprint density at radius 3 is 2.05 bits per heavy atom. The van der Waals surface area contributed by atoms with Gasteiger partial charge in [0.25, 0.3) is 0 Å². The maximum Gasteiger partial charge on any atom is 0.357 e. The summed E-state index contributed by atoms with van der Waals surface area (Å²) < 4.78 is 21.3. The standard InChI is InChI=1S/C19H15FIO/c20-16-8-6-15(7-9-16)14-22-19-12-10-18(11-13-19)21-17-4-2-1-3-5-17/h1-13H,14H2/q+1. The van der Waals surface area contributed by atoms with Crippen LogP contribution in [-0.4, -0.2) is 0 Å². The largest absolute Gasteiger partial charge is 0.489 e. The Morgan fingerprint density at radius 1 is 0.727 bits per heavy atom. The SMILES string of the molecule is Fc1ccc(COc2ccc([I+]c3ccccc3)cc2)cc1. The molecule has 0 N–H and O–H groups in total. The van der Waals surface area contributed by atoms with E-state index in [2.05, 4.69) is 36.4 Å². The van der Waals surface area contributed by atoms with Gasteiger partial charge in [-0.25, -0.2) is 4.39 Å². The van der Waals surface area contributed by atoms with E-state index in [1.807, 2.05) is 18.2 Å². The van der Waals surface area contributed by atoms with Gasteiger partial charge in [-0.3, -0.25) is 0 Å². The molecular formula is C19H15FIO+. The predicted molar refractivity (Wildman–Crippen MR) is 81.0 cm³/mol. The number of ether oxygens (including phenoxy) is 1. The van der Waals surface area contributed by atoms with Crippen molar-refractivity contribution >= 4 is 0 Å². The Hall–Kier alpha value is -1.88. The van der Waals surface area contributed by atoms with E-state index in [0.29, 0.717) is 6.61 Å². The van der Waals surface area contributed by atoms with Crippen molar-refractivity contribution in [1.82, 2.24) is 0 Å². The van der Waals surface area contributed by atoms with E-state index >= 15 is 0 Å². The first kappa shape index (κ1) is 15.0. The van der Waals surface area contributed by atoms with Gasteiger partial charge < -0.3 is 4.74 Å². The molecule has 0 aromatic heterocycles. The highest BCUT2D eigenvalue weighted by molar-refractivity contribution is 5.22. The van der Waals surface area contributed by atoms with E-state index in [0.717, 1.165) is 11.3 Å². The molecule has 22 heavy (non-hydrogen) atoms. The summed E-state index contributed by atoms with van der Waals surface area (Å²) in [5.41, 5.74) is 0.960. The van der Waals surface area contributed by atoms with Crippen LogP contribution in [0.15, 0.2) is 78.9 Å². The molecule has 0 aliphatic carbocycles. The molecule has 0 amide bonds. The summed E-state index contributed by atoms with van der Waals surface area (Å²) in [4.78, 5) is 0. The highest BCUT2D eigenvalue weighted by atomic mass is 127. The summed E-state index contributed by atoms with van der Waals surface area (Å²) in [6, 6.07) is 25.2. The molecule has 3 aromatic rings. The van der Waals surface area contributed by atoms with Crippen molar-refractivity contribution in [3.8, 4) is 5.75 Å². The van der Waals surface area contributed by atoms with Crippen LogP contribution < -0.4 is 25.9 Å². The van der Waals surface area contributed by atoms with Crippen LogP contribution in [-0.2, 0) is 6.61 Å². The normalized spacial score (nSPS) is 10.4. The quantitative estimate of drug-likeness (QED) is 0.586. The Labute approximate surface area is 140 Å². The van der Waals surface area contributed by atoms with Crippen molar-refractivity contribution in [3.05, 3.63) is 97.4 Å². The molecule has 3 rings (SSSR count). The maximum atomic E-state index is 12.8. The van der Waals surface area contributed by atoms with E-state index in [4.69, 9.17) is 4.74 Å². The van der Waals surface area contributed by atoms with Crippen LogP contribution >= 0.6 is 0 Å². The van der Waals surface area contributed by atoms with Crippen molar-refractivity contribution in [1.29, 1.82) is 0 Å². The van der Waals surface area contributed by atoms with Crippen LogP contribution in [0.5, 0.6) is 5.75 Å². The van der Waals surface area contributed by atoms with Crippen molar-refractivity contribution in [2.45, 2.75) is 6.61 Å². The molecular weight excluding hydrogens is 390 g/mol. The van der Waals surface area contributed by atoms with Crippen LogP contribution in [0.4, 0.5) is 4.39 Å². The predicted octanol–water partition coefficient (Wildman–Crippen LogP) is 1.53. The summed E-state index contributed by atoms with van der Waals surface area (Å²) in [6.07, 6.45) is 0. The van der Waals surface area contributed by atoms with Crippen LogP contribution in [0.25, 0.3) is 0 Å². The monoisotopic (exact) mass is 405 g/mol. The molecule has 3 heteroatoms. The van der Waals surface area contributed by atoms with Gasteiger partial charge in [0.05, 0.1) is 0 Å². The fourth-order valence-electron chi connectivity index (χ4n) is 1.94. The second kappa shape index (κ2) is 7.40. The van der Waals surface area contributed by atoms with Gasteiger partial charge in [0, 0.05) is 0 Å². The smallest absolute Gasteiger partial charge is 0.357 e. The molecule has 0 radical (unpaired) electrons. The van der Waals surface area contributed by atoms with Gasteiger partial charge in [0.1, 0.15) is 18.2 Å². The first-order chi connectivity index (χ1) is 10.8. The van der Waals surface area contributed by atoms with Gasteiger partial charge in [-0.05, 0) is 54.1 Å². The fraction of sp³-hybridized carbons (Fsp3) is 0.0526. The number of benzene rings is 3. The third kappa shape index (κ3) is 4.31. The van der Waals surface area contributed by atoms with Crippen LogP contribution in [0.1, 0.15) is 5.56 Å². The average molecular weight is 405 g/mol. The minimum atomic E-state index is -0.224. The number of hydrogen-bond donors (Lipinski definition) is 0. The van der Waals surface area contributed by atoms with Gasteiger partial charge in [0.15, 0.2) is 7.14 Å². The van der Waals surface area contributed by atoms with Crippen molar-refractivity contribution < 1.29 is 30.3 Å². The molecule has 0 bridgehead atoms. The Kier molecular flexibility index (Phi) is 5.06. The average Bonchev–Trinajstić information content (AvgIpc) is 2.57. The molecule has 1 nitrogen and oxygen atoms in total. The van der Waals surface area contributed by atoms with Gasteiger partial charge in [-0.2, -0.15) is 0 Å². The van der Waals surface area contributed by atoms with Crippen LogP contribution in [0, 0.1) is 13.0 Å². The number of rotatable bonds is 5. The zero-order valence-electron chi connectivity index (χ0n) is 11.9. The third-order valence-electron chi connectivity index (χ3n) is 3.08. The Bertz CT molecular complexity index is 709. The first-order valence-corrected chi connectivity index (χ1v) is 9.12. The topological polar surface area (TPSA) is 9.23 Å². The lowest BCUT2D eigenvalue weighted by atomic mass is 10.2. The molecule has 0 atom stereocenters. The van der Waals surface area contributed by atoms with E-state index in [-0.39, 0.29) is 27.0 Å². The lowest BCUT2D eigenvalue weighted by Gasteiger charge is -2.05. The zero-order valence-corrected chi connectivity index (χ0v) is 14.0. The van der Waals surface area contributed by atoms with Crippen molar-refractivity contribution in [2.75, 3.05) is 0 Å². The van der Waals surface area contributed by atoms with E-state index in [1.54, 1.807) is 12.1 Å². The second-order valence-corrected chi connectivity index (χ2v) is 7.79. The fourth-order valence-corrected chi connectivity index (χ4v) is 4.16. The highest BCUT2D eigenvalue weighted by Crippen LogP contribution is 2.12. The Morgan fingerprint density at radius 2 is 1.36 bits per heavy atom. The molecule has 0 fully saturated rings. The van der Waals surface area contributed by atoms with Gasteiger partial charge in [-0.15, -0.1) is 0 Å². The molecule has 0 saturated carbocycles. The molecule has 110 valence electrons. The van der Waals surface area contributed by atoms with Crippen LogP contribution in [0.3, 0.4) is 0 Å². The molecule has 0 unspecified atom stereocenters. The van der Waals surface area contributed by atoms with Gasteiger partial charge >= 0.3 is 21.2 Å². The minimum absolute atomic E-state index is 0.139. The van der Waals surface area contributed by atoms with Crippen molar-refractivity contribution in [2.24, 2.45) is 0 Å². The lowest BCUT2D eigenvalue weighted by molar-refractivity contribution is -0.597. The van der Waals surface area contributed by atoms with E-state index < -0.39 is 0 Å². The molecule has 0 spiro atoms. The van der Waals surface area contributed by atoms with Gasteiger partial charge in [-0.1, -0.05) is 30.3 Å². The molecule has 3 aromatic carbocycles. The van der Waals surface area contributed by atoms with E-state index in [9.17, 15) is 4.39 Å². The highest BCUT2D eigenvalue weighted by Gasteiger charge is 2.14. The van der Waals surface area contributed by atoms with E-state index in [1.165, 1.54) is 19.3 Å². The van der Waals surface area contributed by atoms with Gasteiger partial charge in [0.2, 0.25) is 0 Å². The molecule has 0 saturated heterocycles. The van der Waals surface area contributed by atoms with Crippen molar-refractivity contribution in [3.63, 3.8) is 0 Å². The minimum Gasteiger partial charge on any atom is -0.489 e. The van der Waals surface area contributed by atoms with Crippen LogP contribution in [0.2, 0.25) is 0 Å². The molecule has 0 heterocycles. The zero-order chi connectivity index (χ0) is 15.2. The molecule has 0 aliphatic heterocycles. The summed E-state index contributed by atoms with van der Waals surface area (Å²) in [5.74, 6) is 0.614. The maximum absolute atomic E-state index is 12.8. The Balaban J connectivity index is 1.58. The second-order valence-electron chi connectivity index (χ2n) is 4.76. The first-order valence-electron chi connectivity index (χ1n) is 6.97. The third-order valence-corrected chi connectivity index (χ3v) is 5.77. The molecule has 0 aliphatic rings. The summed E-state index contributed by atoms with van der Waals surface area (Å²) in [7, 11) is 0. The summed E-state index contributed by atoms with van der Waals surface area (Å²) >= 11 is -0.139. The number of hydrogen-bond acceptors (Lipinski definition) is 1. The lowest BCUT2D eigenvalue weighted by Crippen LogP contribution is -3.61. The summed E-state index contributed by atoms with van der Waals surface area (Å²) in [6.45, 7) is 0.452.